The number of carbonyl (C=O) groups is 1. The minimum absolute atomic E-state index is 0.397. The van der Waals surface area contributed by atoms with Gasteiger partial charge in [0.2, 0.25) is 0 Å². The zero-order chi connectivity index (χ0) is 11.5. The van der Waals surface area contributed by atoms with Crippen molar-refractivity contribution in [1.29, 1.82) is 0 Å². The average Bonchev–Trinajstić information content (AvgIpc) is 2.72. The molecular formula is C13H14N2O. The van der Waals surface area contributed by atoms with Crippen molar-refractivity contribution < 1.29 is 4.79 Å². The maximum atomic E-state index is 10.7. The van der Waals surface area contributed by atoms with Crippen LogP contribution >= 0.6 is 0 Å². The molecule has 0 saturated carbocycles. The second-order valence-electron chi connectivity index (χ2n) is 3.79. The van der Waals surface area contributed by atoms with Gasteiger partial charge in [0.05, 0.1) is 5.69 Å². The Morgan fingerprint density at radius 1 is 1.44 bits per heavy atom. The van der Waals surface area contributed by atoms with E-state index in [0.717, 1.165) is 29.7 Å². The first-order valence-corrected chi connectivity index (χ1v) is 5.35. The minimum Gasteiger partial charge on any atom is -0.339 e. The van der Waals surface area contributed by atoms with Gasteiger partial charge in [-0.3, -0.25) is 4.79 Å². The molecule has 0 saturated heterocycles. The Bertz CT molecular complexity index is 514. The smallest absolute Gasteiger partial charge is 0.185 e. The summed E-state index contributed by atoms with van der Waals surface area (Å²) in [5, 5.41) is 0. The minimum atomic E-state index is 0.397. The van der Waals surface area contributed by atoms with E-state index in [2.05, 4.69) is 16.0 Å². The van der Waals surface area contributed by atoms with E-state index >= 15 is 0 Å². The van der Waals surface area contributed by atoms with Crippen LogP contribution in [0.4, 0.5) is 0 Å². The Balaban J connectivity index is 2.54. The van der Waals surface area contributed by atoms with Gasteiger partial charge < -0.3 is 4.98 Å². The number of aromatic nitrogens is 2. The van der Waals surface area contributed by atoms with E-state index in [-0.39, 0.29) is 0 Å². The number of aldehydes is 1. The highest BCUT2D eigenvalue weighted by Crippen LogP contribution is 2.22. The average molecular weight is 214 g/mol. The number of imidazole rings is 1. The van der Waals surface area contributed by atoms with E-state index in [1.807, 2.05) is 32.0 Å². The Morgan fingerprint density at radius 3 is 2.88 bits per heavy atom. The molecule has 0 aliphatic carbocycles. The predicted octanol–water partition coefficient (Wildman–Crippen LogP) is 2.76. The van der Waals surface area contributed by atoms with Gasteiger partial charge in [-0.25, -0.2) is 4.98 Å². The van der Waals surface area contributed by atoms with Gasteiger partial charge in [-0.2, -0.15) is 0 Å². The molecule has 1 heterocycles. The third-order valence-corrected chi connectivity index (χ3v) is 2.55. The number of rotatable bonds is 3. The molecule has 1 N–H and O–H groups in total. The van der Waals surface area contributed by atoms with Crippen molar-refractivity contribution >= 4 is 6.29 Å². The van der Waals surface area contributed by atoms with Crippen molar-refractivity contribution in [2.45, 2.75) is 20.3 Å². The van der Waals surface area contributed by atoms with Crippen molar-refractivity contribution in [2.24, 2.45) is 0 Å². The van der Waals surface area contributed by atoms with Gasteiger partial charge in [0.15, 0.2) is 12.1 Å². The van der Waals surface area contributed by atoms with Crippen LogP contribution in [0.15, 0.2) is 24.3 Å². The standard InChI is InChI=1S/C13H14N2O/c1-3-11-13(15-12(8-16)14-11)10-6-4-5-9(2)7-10/h4-8H,3H2,1-2H3,(H,14,15). The largest absolute Gasteiger partial charge is 0.339 e. The number of aryl methyl sites for hydroxylation is 2. The molecule has 3 heteroatoms. The van der Waals surface area contributed by atoms with Crippen molar-refractivity contribution in [3.63, 3.8) is 0 Å². The van der Waals surface area contributed by atoms with Gasteiger partial charge in [-0.15, -0.1) is 0 Å². The van der Waals surface area contributed by atoms with Gasteiger partial charge in [0, 0.05) is 11.3 Å². The van der Waals surface area contributed by atoms with Crippen LogP contribution in [0.2, 0.25) is 0 Å². The Labute approximate surface area is 94.5 Å². The second-order valence-corrected chi connectivity index (χ2v) is 3.79. The normalized spacial score (nSPS) is 10.4. The molecule has 3 nitrogen and oxygen atoms in total. The fourth-order valence-corrected chi connectivity index (χ4v) is 1.77. The van der Waals surface area contributed by atoms with E-state index in [1.54, 1.807) is 0 Å². The first kappa shape index (κ1) is 10.6. The second kappa shape index (κ2) is 4.31. The molecule has 0 amide bonds. The lowest BCUT2D eigenvalue weighted by molar-refractivity contribution is 0.111. The van der Waals surface area contributed by atoms with Crippen molar-refractivity contribution in [3.8, 4) is 11.3 Å². The number of carbonyl (C=O) groups excluding carboxylic acids is 1. The molecule has 0 bridgehead atoms. The summed E-state index contributed by atoms with van der Waals surface area (Å²) in [5.41, 5.74) is 4.14. The number of nitrogens with one attached hydrogen (secondary N) is 1. The first-order valence-electron chi connectivity index (χ1n) is 5.35. The predicted molar refractivity (Wildman–Crippen MR) is 63.5 cm³/mol. The van der Waals surface area contributed by atoms with Gasteiger partial charge >= 0.3 is 0 Å². The SMILES string of the molecule is CCc1[nH]c(C=O)nc1-c1cccc(C)c1. The van der Waals surface area contributed by atoms with E-state index in [1.165, 1.54) is 5.56 Å². The summed E-state index contributed by atoms with van der Waals surface area (Å²) in [4.78, 5) is 18.0. The van der Waals surface area contributed by atoms with E-state index < -0.39 is 0 Å². The first-order chi connectivity index (χ1) is 7.74. The lowest BCUT2D eigenvalue weighted by Crippen LogP contribution is -1.86. The van der Waals surface area contributed by atoms with Crippen LogP contribution in [0.25, 0.3) is 11.3 Å². The summed E-state index contributed by atoms with van der Waals surface area (Å²) in [6, 6.07) is 8.13. The summed E-state index contributed by atoms with van der Waals surface area (Å²) in [5.74, 6) is 0.397. The Hall–Kier alpha value is -1.90. The zero-order valence-electron chi connectivity index (χ0n) is 9.45. The third kappa shape index (κ3) is 1.89. The summed E-state index contributed by atoms with van der Waals surface area (Å²) < 4.78 is 0. The fraction of sp³-hybridized carbons (Fsp3) is 0.231. The van der Waals surface area contributed by atoms with Crippen molar-refractivity contribution in [2.75, 3.05) is 0 Å². The van der Waals surface area contributed by atoms with Crippen LogP contribution < -0.4 is 0 Å². The van der Waals surface area contributed by atoms with Crippen LogP contribution in [-0.4, -0.2) is 16.3 Å². The molecule has 0 aliphatic rings. The molecule has 0 atom stereocenters. The molecule has 82 valence electrons. The molecule has 0 unspecified atom stereocenters. The number of benzene rings is 1. The van der Waals surface area contributed by atoms with E-state index in [9.17, 15) is 4.79 Å². The van der Waals surface area contributed by atoms with Gasteiger partial charge in [0.25, 0.3) is 0 Å². The number of H-pyrrole nitrogens is 1. The molecule has 16 heavy (non-hydrogen) atoms. The highest BCUT2D eigenvalue weighted by molar-refractivity contribution is 5.73. The quantitative estimate of drug-likeness (QED) is 0.798. The number of aromatic amines is 1. The highest BCUT2D eigenvalue weighted by Gasteiger charge is 2.10. The van der Waals surface area contributed by atoms with E-state index in [4.69, 9.17) is 0 Å². The number of hydrogen-bond donors (Lipinski definition) is 1. The molecule has 0 spiro atoms. The van der Waals surface area contributed by atoms with Crippen LogP contribution in [0.5, 0.6) is 0 Å². The molecule has 0 radical (unpaired) electrons. The molecule has 1 aromatic carbocycles. The third-order valence-electron chi connectivity index (χ3n) is 2.55. The maximum absolute atomic E-state index is 10.7. The lowest BCUT2D eigenvalue weighted by Gasteiger charge is -2.01. The molecule has 0 aliphatic heterocycles. The molecule has 2 rings (SSSR count). The topological polar surface area (TPSA) is 45.8 Å². The maximum Gasteiger partial charge on any atom is 0.185 e. The summed E-state index contributed by atoms with van der Waals surface area (Å²) in [6.07, 6.45) is 1.59. The van der Waals surface area contributed by atoms with Crippen molar-refractivity contribution in [1.82, 2.24) is 9.97 Å². The monoisotopic (exact) mass is 214 g/mol. The Kier molecular flexibility index (Phi) is 2.86. The summed E-state index contributed by atoms with van der Waals surface area (Å²) >= 11 is 0. The molecular weight excluding hydrogens is 200 g/mol. The van der Waals surface area contributed by atoms with Gasteiger partial charge in [0.1, 0.15) is 0 Å². The van der Waals surface area contributed by atoms with Gasteiger partial charge in [-0.1, -0.05) is 30.7 Å². The van der Waals surface area contributed by atoms with Crippen LogP contribution in [0.1, 0.15) is 28.8 Å². The van der Waals surface area contributed by atoms with Crippen LogP contribution in [-0.2, 0) is 6.42 Å². The molecule has 1 aromatic heterocycles. The number of hydrogen-bond acceptors (Lipinski definition) is 2. The highest BCUT2D eigenvalue weighted by atomic mass is 16.1. The lowest BCUT2D eigenvalue weighted by atomic mass is 10.1. The zero-order valence-corrected chi connectivity index (χ0v) is 9.45. The molecule has 2 aromatic rings. The fourth-order valence-electron chi connectivity index (χ4n) is 1.77. The number of nitrogens with zero attached hydrogens (tertiary/aromatic N) is 1. The summed E-state index contributed by atoms with van der Waals surface area (Å²) in [6.45, 7) is 4.09. The van der Waals surface area contributed by atoms with Crippen LogP contribution in [0.3, 0.4) is 0 Å². The summed E-state index contributed by atoms with van der Waals surface area (Å²) in [7, 11) is 0. The van der Waals surface area contributed by atoms with Crippen LogP contribution in [0, 0.1) is 6.92 Å². The molecule has 0 fully saturated rings. The Morgan fingerprint density at radius 2 is 2.25 bits per heavy atom. The van der Waals surface area contributed by atoms with Gasteiger partial charge in [-0.05, 0) is 19.4 Å². The van der Waals surface area contributed by atoms with E-state index in [0.29, 0.717) is 5.82 Å². The van der Waals surface area contributed by atoms with Crippen molar-refractivity contribution in [3.05, 3.63) is 41.3 Å².